The highest BCUT2D eigenvalue weighted by Crippen LogP contribution is 2.26. The topological polar surface area (TPSA) is 64.0 Å². The molecule has 3 rings (SSSR count). The molecule has 0 saturated carbocycles. The average Bonchev–Trinajstić information content (AvgIpc) is 2.69. The van der Waals surface area contributed by atoms with Crippen molar-refractivity contribution in [2.24, 2.45) is 0 Å². The summed E-state index contributed by atoms with van der Waals surface area (Å²) < 4.78 is 1.36. The molecule has 1 heterocycles. The largest absolute Gasteiger partial charge is 0.325 e. The second-order valence-electron chi connectivity index (χ2n) is 6.85. The van der Waals surface area contributed by atoms with E-state index in [0.29, 0.717) is 21.4 Å². The second-order valence-corrected chi connectivity index (χ2v) is 8.62. The van der Waals surface area contributed by atoms with Gasteiger partial charge < -0.3 is 5.32 Å². The Morgan fingerprint density at radius 2 is 1.86 bits per heavy atom. The number of amides is 1. The van der Waals surface area contributed by atoms with Gasteiger partial charge in [-0.25, -0.2) is 0 Å². The van der Waals surface area contributed by atoms with Crippen LogP contribution in [0.15, 0.2) is 58.4 Å². The van der Waals surface area contributed by atoms with Crippen molar-refractivity contribution in [3.63, 3.8) is 0 Å². The number of hydrogen-bond acceptors (Lipinski definition) is 4. The number of aryl methyl sites for hydroxylation is 2. The standard InChI is InChI=1S/C22H22ClN3O2S/c1-13-8-9-17(12-14(13)2)26-21(27)11-10-20(25-26)29-16(4)22(28)24-19-7-5-6-18(23)15(19)3/h5-12,16H,1-4H3,(H,24,28)/t16-/m1/s1. The normalized spacial score (nSPS) is 11.9. The maximum absolute atomic E-state index is 12.6. The number of halogens is 1. The van der Waals surface area contributed by atoms with Gasteiger partial charge in [-0.05, 0) is 74.7 Å². The molecule has 1 atom stereocenters. The smallest absolute Gasteiger partial charge is 0.271 e. The molecule has 7 heteroatoms. The van der Waals surface area contributed by atoms with Crippen LogP contribution in [0.1, 0.15) is 23.6 Å². The molecular weight excluding hydrogens is 406 g/mol. The Labute approximate surface area is 179 Å². The summed E-state index contributed by atoms with van der Waals surface area (Å²) in [4.78, 5) is 24.9. The number of anilines is 1. The highest BCUT2D eigenvalue weighted by molar-refractivity contribution is 8.00. The van der Waals surface area contributed by atoms with Crippen molar-refractivity contribution in [2.75, 3.05) is 5.32 Å². The molecule has 0 bridgehead atoms. The van der Waals surface area contributed by atoms with Gasteiger partial charge in [0.15, 0.2) is 0 Å². The molecule has 3 aromatic rings. The van der Waals surface area contributed by atoms with Crippen LogP contribution in [0, 0.1) is 20.8 Å². The number of rotatable bonds is 5. The summed E-state index contributed by atoms with van der Waals surface area (Å²) in [5.74, 6) is -0.161. The van der Waals surface area contributed by atoms with Crippen molar-refractivity contribution < 1.29 is 4.79 Å². The summed E-state index contributed by atoms with van der Waals surface area (Å²) in [6.45, 7) is 7.67. The number of aromatic nitrogens is 2. The summed E-state index contributed by atoms with van der Waals surface area (Å²) in [6.07, 6.45) is 0. The molecule has 0 saturated heterocycles. The van der Waals surface area contributed by atoms with Gasteiger partial charge in [-0.3, -0.25) is 9.59 Å². The molecular formula is C22H22ClN3O2S. The molecule has 150 valence electrons. The highest BCUT2D eigenvalue weighted by atomic mass is 35.5. The summed E-state index contributed by atoms with van der Waals surface area (Å²) >= 11 is 7.41. The van der Waals surface area contributed by atoms with Gasteiger partial charge in [0.25, 0.3) is 5.56 Å². The Bertz CT molecular complexity index is 1130. The van der Waals surface area contributed by atoms with Crippen LogP contribution in [0.25, 0.3) is 5.69 Å². The zero-order valence-electron chi connectivity index (χ0n) is 16.7. The zero-order chi connectivity index (χ0) is 21.1. The summed E-state index contributed by atoms with van der Waals surface area (Å²) in [7, 11) is 0. The maximum atomic E-state index is 12.6. The van der Waals surface area contributed by atoms with Crippen molar-refractivity contribution in [3.8, 4) is 5.69 Å². The van der Waals surface area contributed by atoms with E-state index in [-0.39, 0.29) is 11.5 Å². The van der Waals surface area contributed by atoms with Crippen LogP contribution in [0.2, 0.25) is 5.02 Å². The van der Waals surface area contributed by atoms with Crippen molar-refractivity contribution in [3.05, 3.63) is 80.6 Å². The first kappa shape index (κ1) is 21.1. The van der Waals surface area contributed by atoms with Crippen molar-refractivity contribution in [1.29, 1.82) is 0 Å². The van der Waals surface area contributed by atoms with Gasteiger partial charge >= 0.3 is 0 Å². The zero-order valence-corrected chi connectivity index (χ0v) is 18.3. The van der Waals surface area contributed by atoms with Crippen molar-refractivity contribution in [1.82, 2.24) is 9.78 Å². The fourth-order valence-electron chi connectivity index (χ4n) is 2.71. The molecule has 0 aliphatic rings. The molecule has 0 unspecified atom stereocenters. The van der Waals surface area contributed by atoms with E-state index in [0.717, 1.165) is 16.7 Å². The Kier molecular flexibility index (Phi) is 6.45. The Morgan fingerprint density at radius 1 is 1.10 bits per heavy atom. The first-order valence-electron chi connectivity index (χ1n) is 9.17. The molecule has 0 aliphatic heterocycles. The molecule has 1 N–H and O–H groups in total. The molecule has 29 heavy (non-hydrogen) atoms. The SMILES string of the molecule is Cc1ccc(-n2nc(S[C@H](C)C(=O)Nc3cccc(Cl)c3C)ccc2=O)cc1C. The number of nitrogens with zero attached hydrogens (tertiary/aromatic N) is 2. The molecule has 0 spiro atoms. The third kappa shape index (κ3) is 4.89. The van der Waals surface area contributed by atoms with Crippen LogP contribution in [0.4, 0.5) is 5.69 Å². The number of carbonyl (C=O) groups is 1. The van der Waals surface area contributed by atoms with E-state index in [1.165, 1.54) is 22.5 Å². The molecule has 1 amide bonds. The van der Waals surface area contributed by atoms with Gasteiger partial charge in [0.2, 0.25) is 5.91 Å². The summed E-state index contributed by atoms with van der Waals surface area (Å²) in [5, 5.41) is 8.12. The third-order valence-corrected chi connectivity index (χ3v) is 6.14. The molecule has 2 aromatic carbocycles. The lowest BCUT2D eigenvalue weighted by molar-refractivity contribution is -0.115. The van der Waals surface area contributed by atoms with Gasteiger partial charge in [0, 0.05) is 16.8 Å². The average molecular weight is 428 g/mol. The number of benzene rings is 2. The maximum Gasteiger partial charge on any atom is 0.271 e. The van der Waals surface area contributed by atoms with Gasteiger partial charge in [-0.15, -0.1) is 0 Å². The van der Waals surface area contributed by atoms with Gasteiger partial charge in [-0.2, -0.15) is 9.78 Å². The predicted molar refractivity (Wildman–Crippen MR) is 119 cm³/mol. The van der Waals surface area contributed by atoms with Gasteiger partial charge in [0.05, 0.1) is 10.9 Å². The first-order chi connectivity index (χ1) is 13.8. The first-order valence-corrected chi connectivity index (χ1v) is 10.4. The van der Waals surface area contributed by atoms with Crippen LogP contribution < -0.4 is 10.9 Å². The minimum Gasteiger partial charge on any atom is -0.325 e. The van der Waals surface area contributed by atoms with E-state index in [4.69, 9.17) is 11.6 Å². The van der Waals surface area contributed by atoms with Crippen LogP contribution in [-0.2, 0) is 4.79 Å². The lowest BCUT2D eigenvalue weighted by Crippen LogP contribution is -2.24. The number of thioether (sulfide) groups is 1. The van der Waals surface area contributed by atoms with Gasteiger partial charge in [-0.1, -0.05) is 35.5 Å². The number of carbonyl (C=O) groups excluding carboxylic acids is 1. The van der Waals surface area contributed by atoms with Crippen LogP contribution in [0.5, 0.6) is 0 Å². The summed E-state index contributed by atoms with van der Waals surface area (Å²) in [6, 6.07) is 14.2. The Morgan fingerprint density at radius 3 is 2.59 bits per heavy atom. The fourth-order valence-corrected chi connectivity index (χ4v) is 3.69. The van der Waals surface area contributed by atoms with E-state index in [9.17, 15) is 9.59 Å². The lowest BCUT2D eigenvalue weighted by atomic mass is 10.1. The van der Waals surface area contributed by atoms with E-state index in [1.54, 1.807) is 25.1 Å². The highest BCUT2D eigenvalue weighted by Gasteiger charge is 2.17. The predicted octanol–water partition coefficient (Wildman–Crippen LogP) is 4.93. The van der Waals surface area contributed by atoms with Crippen molar-refractivity contribution >= 4 is 35.0 Å². The van der Waals surface area contributed by atoms with E-state index >= 15 is 0 Å². The Hall–Kier alpha value is -2.57. The van der Waals surface area contributed by atoms with Crippen LogP contribution >= 0.6 is 23.4 Å². The third-order valence-electron chi connectivity index (χ3n) is 4.70. The van der Waals surface area contributed by atoms with Crippen molar-refractivity contribution in [2.45, 2.75) is 38.0 Å². The minimum absolute atomic E-state index is 0.161. The van der Waals surface area contributed by atoms with E-state index in [1.807, 2.05) is 45.0 Å². The van der Waals surface area contributed by atoms with Gasteiger partial charge in [0.1, 0.15) is 5.03 Å². The quantitative estimate of drug-likeness (QED) is 0.586. The molecule has 0 radical (unpaired) electrons. The number of hydrogen-bond donors (Lipinski definition) is 1. The molecule has 5 nitrogen and oxygen atoms in total. The number of nitrogens with one attached hydrogen (secondary N) is 1. The molecule has 0 aliphatic carbocycles. The van der Waals surface area contributed by atoms with Crippen LogP contribution in [0.3, 0.4) is 0 Å². The van der Waals surface area contributed by atoms with E-state index in [2.05, 4.69) is 10.4 Å². The molecule has 0 fully saturated rings. The summed E-state index contributed by atoms with van der Waals surface area (Å²) in [5.41, 5.74) is 4.22. The monoisotopic (exact) mass is 427 g/mol. The lowest BCUT2D eigenvalue weighted by Gasteiger charge is -2.14. The Balaban J connectivity index is 1.79. The minimum atomic E-state index is -0.411. The molecule has 1 aromatic heterocycles. The van der Waals surface area contributed by atoms with E-state index < -0.39 is 5.25 Å². The fraction of sp³-hybridized carbons (Fsp3) is 0.227. The van der Waals surface area contributed by atoms with Crippen LogP contribution in [-0.4, -0.2) is 20.9 Å². The second kappa shape index (κ2) is 8.84.